The van der Waals surface area contributed by atoms with E-state index in [4.69, 9.17) is 10.7 Å². The predicted molar refractivity (Wildman–Crippen MR) is 57.9 cm³/mol. The van der Waals surface area contributed by atoms with Crippen molar-refractivity contribution in [2.75, 3.05) is 6.26 Å². The molecule has 1 rings (SSSR count). The Morgan fingerprint density at radius 2 is 1.71 bits per heavy atom. The van der Waals surface area contributed by atoms with Gasteiger partial charge in [-0.25, -0.2) is 25.6 Å². The van der Waals surface area contributed by atoms with Gasteiger partial charge in [0.2, 0.25) is 9.05 Å². The van der Waals surface area contributed by atoms with Gasteiger partial charge in [0.05, 0.1) is 5.75 Å². The summed E-state index contributed by atoms with van der Waals surface area (Å²) in [6.45, 7) is 0. The molecular weight excluding hydrogens is 298 g/mol. The Hall–Kier alpha value is -0.730. The summed E-state index contributed by atoms with van der Waals surface area (Å²) in [4.78, 5) is -1.16. The smallest absolute Gasteiger partial charge is 0.224 e. The zero-order chi connectivity index (χ0) is 13.4. The molecule has 1 aromatic rings. The minimum atomic E-state index is -4.13. The standard InChI is InChI=1S/C8H7ClF2O4S2/c1-16(12,13)8-6(10)3-2-5(7(8)11)4-17(9,14)15/h2-3H,4H2,1H3. The van der Waals surface area contributed by atoms with Crippen LogP contribution in [0.25, 0.3) is 0 Å². The first-order valence-electron chi connectivity index (χ1n) is 4.11. The first-order valence-corrected chi connectivity index (χ1v) is 8.48. The summed E-state index contributed by atoms with van der Waals surface area (Å²) in [5.74, 6) is -3.62. The van der Waals surface area contributed by atoms with E-state index in [0.29, 0.717) is 12.3 Å². The van der Waals surface area contributed by atoms with E-state index < -0.39 is 46.7 Å². The van der Waals surface area contributed by atoms with Crippen molar-refractivity contribution in [3.63, 3.8) is 0 Å². The van der Waals surface area contributed by atoms with Crippen molar-refractivity contribution in [2.45, 2.75) is 10.6 Å². The van der Waals surface area contributed by atoms with Crippen LogP contribution in [0.1, 0.15) is 5.56 Å². The van der Waals surface area contributed by atoms with Crippen molar-refractivity contribution < 1.29 is 25.6 Å². The van der Waals surface area contributed by atoms with Crippen LogP contribution in [-0.2, 0) is 24.6 Å². The van der Waals surface area contributed by atoms with Gasteiger partial charge in [-0.2, -0.15) is 0 Å². The van der Waals surface area contributed by atoms with E-state index in [1.54, 1.807) is 0 Å². The van der Waals surface area contributed by atoms with Crippen molar-refractivity contribution >= 4 is 29.6 Å². The van der Waals surface area contributed by atoms with Crippen molar-refractivity contribution in [1.29, 1.82) is 0 Å². The summed E-state index contributed by atoms with van der Waals surface area (Å²) < 4.78 is 70.5. The third kappa shape index (κ3) is 3.62. The molecule has 17 heavy (non-hydrogen) atoms. The van der Waals surface area contributed by atoms with Crippen LogP contribution in [0.15, 0.2) is 17.0 Å². The molecule has 0 radical (unpaired) electrons. The summed E-state index contributed by atoms with van der Waals surface area (Å²) >= 11 is 0. The fourth-order valence-corrected chi connectivity index (χ4v) is 3.04. The van der Waals surface area contributed by atoms with E-state index in [9.17, 15) is 25.6 Å². The Labute approximate surface area is 102 Å². The van der Waals surface area contributed by atoms with Gasteiger partial charge >= 0.3 is 0 Å². The SMILES string of the molecule is CS(=O)(=O)c1c(F)ccc(CS(=O)(=O)Cl)c1F. The molecule has 0 saturated heterocycles. The van der Waals surface area contributed by atoms with Crippen LogP contribution in [0.4, 0.5) is 8.78 Å². The number of benzene rings is 1. The van der Waals surface area contributed by atoms with E-state index >= 15 is 0 Å². The van der Waals surface area contributed by atoms with Crippen LogP contribution in [0.5, 0.6) is 0 Å². The highest BCUT2D eigenvalue weighted by Crippen LogP contribution is 2.23. The zero-order valence-corrected chi connectivity index (χ0v) is 10.8. The maximum atomic E-state index is 13.6. The Bertz CT molecular complexity index is 652. The van der Waals surface area contributed by atoms with Crippen LogP contribution >= 0.6 is 10.7 Å². The molecule has 0 aliphatic carbocycles. The molecule has 0 heterocycles. The lowest BCUT2D eigenvalue weighted by Gasteiger charge is -2.06. The number of rotatable bonds is 3. The zero-order valence-electron chi connectivity index (χ0n) is 8.45. The number of halogens is 3. The van der Waals surface area contributed by atoms with Crippen LogP contribution in [0.2, 0.25) is 0 Å². The Kier molecular flexibility index (Phi) is 3.80. The van der Waals surface area contributed by atoms with Crippen molar-refractivity contribution in [3.8, 4) is 0 Å². The fraction of sp³-hybridized carbons (Fsp3) is 0.250. The van der Waals surface area contributed by atoms with Gasteiger partial charge < -0.3 is 0 Å². The molecule has 0 bridgehead atoms. The van der Waals surface area contributed by atoms with Gasteiger partial charge in [0, 0.05) is 22.5 Å². The predicted octanol–water partition coefficient (Wildman–Crippen LogP) is 1.44. The molecule has 0 unspecified atom stereocenters. The maximum absolute atomic E-state index is 13.6. The molecule has 0 aliphatic rings. The average Bonchev–Trinajstić information content (AvgIpc) is 2.06. The Morgan fingerprint density at radius 1 is 1.18 bits per heavy atom. The van der Waals surface area contributed by atoms with Gasteiger partial charge in [0.25, 0.3) is 0 Å². The van der Waals surface area contributed by atoms with Gasteiger partial charge in [-0.15, -0.1) is 0 Å². The fourth-order valence-electron chi connectivity index (χ4n) is 1.21. The first-order chi connectivity index (χ1) is 7.52. The normalized spacial score (nSPS) is 12.7. The summed E-state index contributed by atoms with van der Waals surface area (Å²) in [5, 5.41) is 0. The van der Waals surface area contributed by atoms with Crippen LogP contribution in [0, 0.1) is 11.6 Å². The monoisotopic (exact) mass is 304 g/mol. The first kappa shape index (κ1) is 14.3. The van der Waals surface area contributed by atoms with E-state index in [2.05, 4.69) is 0 Å². The molecule has 0 saturated carbocycles. The third-order valence-electron chi connectivity index (χ3n) is 1.83. The van der Waals surface area contributed by atoms with Crippen molar-refractivity contribution in [2.24, 2.45) is 0 Å². The highest BCUT2D eigenvalue weighted by molar-refractivity contribution is 8.13. The number of hydrogen-bond acceptors (Lipinski definition) is 4. The number of hydrogen-bond donors (Lipinski definition) is 0. The average molecular weight is 305 g/mol. The molecule has 0 atom stereocenters. The van der Waals surface area contributed by atoms with Gasteiger partial charge in [-0.3, -0.25) is 0 Å². The highest BCUT2D eigenvalue weighted by atomic mass is 35.7. The van der Waals surface area contributed by atoms with E-state index in [0.717, 1.165) is 6.07 Å². The minimum Gasteiger partial charge on any atom is -0.224 e. The topological polar surface area (TPSA) is 68.3 Å². The van der Waals surface area contributed by atoms with E-state index in [1.807, 2.05) is 0 Å². The van der Waals surface area contributed by atoms with Gasteiger partial charge in [0.1, 0.15) is 16.5 Å². The second-order valence-corrected chi connectivity index (χ2v) is 8.03. The summed E-state index contributed by atoms with van der Waals surface area (Å²) in [6.07, 6.45) is 0.619. The molecule has 4 nitrogen and oxygen atoms in total. The Morgan fingerprint density at radius 3 is 2.12 bits per heavy atom. The molecular formula is C8H7ClF2O4S2. The highest BCUT2D eigenvalue weighted by Gasteiger charge is 2.24. The molecule has 0 fully saturated rings. The molecule has 9 heteroatoms. The summed E-state index contributed by atoms with van der Waals surface area (Å²) in [6, 6.07) is 1.51. The molecule has 0 aromatic heterocycles. The molecule has 0 amide bonds. The van der Waals surface area contributed by atoms with Crippen molar-refractivity contribution in [3.05, 3.63) is 29.3 Å². The van der Waals surface area contributed by atoms with Crippen LogP contribution in [0.3, 0.4) is 0 Å². The summed E-state index contributed by atoms with van der Waals surface area (Å²) in [7, 11) is -3.28. The summed E-state index contributed by atoms with van der Waals surface area (Å²) in [5.41, 5.74) is -0.498. The van der Waals surface area contributed by atoms with Gasteiger partial charge in [0.15, 0.2) is 9.84 Å². The van der Waals surface area contributed by atoms with Gasteiger partial charge in [-0.05, 0) is 6.07 Å². The second-order valence-electron chi connectivity index (χ2n) is 3.30. The lowest BCUT2D eigenvalue weighted by molar-refractivity contribution is 0.514. The molecule has 0 N–H and O–H groups in total. The Balaban J connectivity index is 3.50. The molecule has 1 aromatic carbocycles. The number of sulfone groups is 1. The minimum absolute atomic E-state index is 0.498. The van der Waals surface area contributed by atoms with Crippen LogP contribution in [-0.4, -0.2) is 23.1 Å². The van der Waals surface area contributed by atoms with E-state index in [1.165, 1.54) is 0 Å². The van der Waals surface area contributed by atoms with E-state index in [-0.39, 0.29) is 0 Å². The third-order valence-corrected chi connectivity index (χ3v) is 3.93. The lowest BCUT2D eigenvalue weighted by atomic mass is 10.2. The maximum Gasteiger partial charge on any atom is 0.236 e. The molecule has 0 aliphatic heterocycles. The largest absolute Gasteiger partial charge is 0.236 e. The molecule has 96 valence electrons. The molecule has 0 spiro atoms. The quantitative estimate of drug-likeness (QED) is 0.792. The second kappa shape index (κ2) is 4.51. The van der Waals surface area contributed by atoms with Crippen molar-refractivity contribution in [1.82, 2.24) is 0 Å². The van der Waals surface area contributed by atoms with Crippen LogP contribution < -0.4 is 0 Å². The lowest BCUT2D eigenvalue weighted by Crippen LogP contribution is -2.08. The van der Waals surface area contributed by atoms with Gasteiger partial charge in [-0.1, -0.05) is 6.07 Å².